The number of urea groups is 1. The Bertz CT molecular complexity index is 1190. The van der Waals surface area contributed by atoms with Crippen LogP contribution in [-0.2, 0) is 0 Å². The van der Waals surface area contributed by atoms with Gasteiger partial charge in [0.1, 0.15) is 5.69 Å². The lowest BCUT2D eigenvalue weighted by Crippen LogP contribution is -2.19. The summed E-state index contributed by atoms with van der Waals surface area (Å²) in [6, 6.07) is 23.4. The fraction of sp³-hybridized carbons (Fsp3) is 0. The molecule has 29 heavy (non-hydrogen) atoms. The van der Waals surface area contributed by atoms with Crippen LogP contribution in [0.25, 0.3) is 10.9 Å². The first-order valence-electron chi connectivity index (χ1n) is 8.91. The van der Waals surface area contributed by atoms with E-state index in [2.05, 4.69) is 36.9 Å². The molecule has 6 nitrogen and oxygen atoms in total. The van der Waals surface area contributed by atoms with Crippen molar-refractivity contribution in [2.45, 2.75) is 0 Å². The molecule has 0 aliphatic rings. The lowest BCUT2D eigenvalue weighted by atomic mass is 10.2. The number of hydrogen-bond acceptors (Lipinski definition) is 2. The number of carbonyl (C=O) groups is 2. The number of benzene rings is 3. The second kappa shape index (κ2) is 8.20. The van der Waals surface area contributed by atoms with Crippen molar-refractivity contribution in [3.63, 3.8) is 0 Å². The quantitative estimate of drug-likeness (QED) is 0.316. The summed E-state index contributed by atoms with van der Waals surface area (Å²) in [5.41, 5.74) is 3.13. The fourth-order valence-electron chi connectivity index (χ4n) is 2.95. The summed E-state index contributed by atoms with van der Waals surface area (Å²) < 4.78 is 0.710. The minimum absolute atomic E-state index is 0.279. The molecular formula is C22H17BrN4O2. The third-order valence-corrected chi connectivity index (χ3v) is 5.10. The molecule has 0 atom stereocenters. The van der Waals surface area contributed by atoms with Crippen LogP contribution in [0.1, 0.15) is 10.5 Å². The van der Waals surface area contributed by atoms with Gasteiger partial charge in [-0.2, -0.15) is 0 Å². The van der Waals surface area contributed by atoms with Crippen molar-refractivity contribution in [3.05, 3.63) is 89.0 Å². The van der Waals surface area contributed by atoms with E-state index >= 15 is 0 Å². The van der Waals surface area contributed by atoms with Crippen molar-refractivity contribution in [1.29, 1.82) is 0 Å². The molecule has 4 aromatic rings. The summed E-state index contributed by atoms with van der Waals surface area (Å²) in [6.07, 6.45) is 0. The first-order valence-corrected chi connectivity index (χ1v) is 9.70. The maximum absolute atomic E-state index is 12.7. The Hall–Kier alpha value is -3.58. The zero-order valence-electron chi connectivity index (χ0n) is 15.2. The molecule has 0 aliphatic heterocycles. The third kappa shape index (κ3) is 4.30. The van der Waals surface area contributed by atoms with E-state index in [0.29, 0.717) is 27.2 Å². The number of anilines is 3. The van der Waals surface area contributed by atoms with Crippen molar-refractivity contribution in [3.8, 4) is 0 Å². The molecule has 4 rings (SSSR count). The van der Waals surface area contributed by atoms with E-state index in [4.69, 9.17) is 0 Å². The summed E-state index contributed by atoms with van der Waals surface area (Å²) in [7, 11) is 0. The van der Waals surface area contributed by atoms with Gasteiger partial charge in [-0.25, -0.2) is 4.79 Å². The molecule has 0 bridgehead atoms. The van der Waals surface area contributed by atoms with E-state index in [0.717, 1.165) is 10.9 Å². The zero-order chi connectivity index (χ0) is 20.2. The van der Waals surface area contributed by atoms with E-state index in [1.54, 1.807) is 36.4 Å². The van der Waals surface area contributed by atoms with Gasteiger partial charge in [0.25, 0.3) is 5.91 Å². The SMILES string of the molecule is O=C(Nc1ccccc1)Nc1cccc(NC(=O)c2[nH]c3ccccc3c2Br)c1. The lowest BCUT2D eigenvalue weighted by Gasteiger charge is -2.10. The van der Waals surface area contributed by atoms with Gasteiger partial charge in [0.2, 0.25) is 0 Å². The Morgan fingerprint density at radius 3 is 2.10 bits per heavy atom. The van der Waals surface area contributed by atoms with Gasteiger partial charge < -0.3 is 20.9 Å². The number of halogens is 1. The van der Waals surface area contributed by atoms with Crippen LogP contribution in [0, 0.1) is 0 Å². The minimum Gasteiger partial charge on any atom is -0.350 e. The van der Waals surface area contributed by atoms with E-state index in [9.17, 15) is 9.59 Å². The van der Waals surface area contributed by atoms with Gasteiger partial charge in [-0.1, -0.05) is 42.5 Å². The normalized spacial score (nSPS) is 10.5. The summed E-state index contributed by atoms with van der Waals surface area (Å²) in [5.74, 6) is -0.279. The minimum atomic E-state index is -0.363. The summed E-state index contributed by atoms with van der Waals surface area (Å²) in [4.78, 5) is 28.0. The Kier molecular flexibility index (Phi) is 5.31. The van der Waals surface area contributed by atoms with E-state index in [1.165, 1.54) is 0 Å². The van der Waals surface area contributed by atoms with Gasteiger partial charge in [0, 0.05) is 28.0 Å². The number of carbonyl (C=O) groups excluding carboxylic acids is 2. The number of amides is 3. The third-order valence-electron chi connectivity index (χ3n) is 4.28. The number of para-hydroxylation sites is 2. The smallest absolute Gasteiger partial charge is 0.323 e. The number of H-pyrrole nitrogens is 1. The van der Waals surface area contributed by atoms with Crippen LogP contribution in [0.15, 0.2) is 83.3 Å². The van der Waals surface area contributed by atoms with Crippen LogP contribution in [-0.4, -0.2) is 16.9 Å². The molecule has 1 aromatic heterocycles. The number of rotatable bonds is 4. The monoisotopic (exact) mass is 448 g/mol. The van der Waals surface area contributed by atoms with Crippen molar-refractivity contribution in [1.82, 2.24) is 4.98 Å². The van der Waals surface area contributed by atoms with Gasteiger partial charge in [-0.15, -0.1) is 0 Å². The van der Waals surface area contributed by atoms with E-state index < -0.39 is 0 Å². The second-order valence-electron chi connectivity index (χ2n) is 6.34. The van der Waals surface area contributed by atoms with Crippen molar-refractivity contribution < 1.29 is 9.59 Å². The molecule has 0 aliphatic carbocycles. The molecule has 0 saturated heterocycles. The predicted molar refractivity (Wildman–Crippen MR) is 119 cm³/mol. The van der Waals surface area contributed by atoms with Crippen LogP contribution >= 0.6 is 15.9 Å². The number of aromatic amines is 1. The lowest BCUT2D eigenvalue weighted by molar-refractivity contribution is 0.102. The summed E-state index contributed by atoms with van der Waals surface area (Å²) >= 11 is 3.49. The molecule has 0 radical (unpaired) electrons. The molecule has 7 heteroatoms. The van der Waals surface area contributed by atoms with Crippen molar-refractivity contribution in [2.24, 2.45) is 0 Å². The van der Waals surface area contributed by atoms with Gasteiger partial charge in [0.05, 0.1) is 4.47 Å². The van der Waals surface area contributed by atoms with E-state index in [1.807, 2.05) is 42.5 Å². The highest BCUT2D eigenvalue weighted by molar-refractivity contribution is 9.10. The highest BCUT2D eigenvalue weighted by Crippen LogP contribution is 2.28. The molecular weight excluding hydrogens is 432 g/mol. The van der Waals surface area contributed by atoms with Gasteiger partial charge in [-0.05, 0) is 52.3 Å². The van der Waals surface area contributed by atoms with Gasteiger partial charge >= 0.3 is 6.03 Å². The number of fused-ring (bicyclic) bond motifs is 1. The molecule has 3 aromatic carbocycles. The first-order chi connectivity index (χ1) is 14.1. The Balaban J connectivity index is 1.46. The molecule has 0 unspecified atom stereocenters. The fourth-order valence-corrected chi connectivity index (χ4v) is 3.57. The molecule has 3 amide bonds. The molecule has 144 valence electrons. The number of hydrogen-bond donors (Lipinski definition) is 4. The Labute approximate surface area is 175 Å². The molecule has 1 heterocycles. The zero-order valence-corrected chi connectivity index (χ0v) is 16.8. The highest BCUT2D eigenvalue weighted by atomic mass is 79.9. The maximum atomic E-state index is 12.7. The van der Waals surface area contributed by atoms with Crippen LogP contribution in [0.2, 0.25) is 0 Å². The van der Waals surface area contributed by atoms with E-state index in [-0.39, 0.29) is 11.9 Å². The van der Waals surface area contributed by atoms with Crippen LogP contribution in [0.3, 0.4) is 0 Å². The van der Waals surface area contributed by atoms with Crippen LogP contribution in [0.5, 0.6) is 0 Å². The van der Waals surface area contributed by atoms with Crippen LogP contribution < -0.4 is 16.0 Å². The predicted octanol–water partition coefficient (Wildman–Crippen LogP) is 5.83. The molecule has 0 fully saturated rings. The van der Waals surface area contributed by atoms with Crippen molar-refractivity contribution in [2.75, 3.05) is 16.0 Å². The standard InChI is InChI=1S/C22H17BrN4O2/c23-19-17-11-4-5-12-18(17)27-20(19)21(28)24-15-9-6-10-16(13-15)26-22(29)25-14-7-2-1-3-8-14/h1-13,27H,(H,24,28)(H2,25,26,29). The number of nitrogens with one attached hydrogen (secondary N) is 4. The topological polar surface area (TPSA) is 86.0 Å². The second-order valence-corrected chi connectivity index (χ2v) is 7.13. The molecule has 0 spiro atoms. The summed E-state index contributed by atoms with van der Waals surface area (Å²) in [5, 5.41) is 9.30. The summed E-state index contributed by atoms with van der Waals surface area (Å²) in [6.45, 7) is 0. The first kappa shape index (κ1) is 18.8. The average Bonchev–Trinajstić information content (AvgIpc) is 3.06. The Morgan fingerprint density at radius 1 is 0.724 bits per heavy atom. The molecule has 0 saturated carbocycles. The highest BCUT2D eigenvalue weighted by Gasteiger charge is 2.16. The van der Waals surface area contributed by atoms with Gasteiger partial charge in [-0.3, -0.25) is 4.79 Å². The maximum Gasteiger partial charge on any atom is 0.323 e. The average molecular weight is 449 g/mol. The van der Waals surface area contributed by atoms with Crippen molar-refractivity contribution >= 4 is 55.8 Å². The molecule has 4 N–H and O–H groups in total. The number of aromatic nitrogens is 1. The Morgan fingerprint density at radius 2 is 1.34 bits per heavy atom. The largest absolute Gasteiger partial charge is 0.350 e. The van der Waals surface area contributed by atoms with Gasteiger partial charge in [0.15, 0.2) is 0 Å². The van der Waals surface area contributed by atoms with Crippen LogP contribution in [0.4, 0.5) is 21.9 Å².